The monoisotopic (exact) mass is 461 g/mol. The van der Waals surface area contributed by atoms with Crippen LogP contribution in [0.15, 0.2) is 48.5 Å². The van der Waals surface area contributed by atoms with Crippen LogP contribution in [0, 0.1) is 12.3 Å². The molecule has 0 spiro atoms. The highest BCUT2D eigenvalue weighted by molar-refractivity contribution is 5.45. The van der Waals surface area contributed by atoms with Gasteiger partial charge in [0.1, 0.15) is 25.4 Å². The molecule has 0 heterocycles. The van der Waals surface area contributed by atoms with E-state index in [1.165, 1.54) is 16.7 Å². The molecule has 0 aromatic heterocycles. The Balaban J connectivity index is 0.00000512. The fourth-order valence-corrected chi connectivity index (χ4v) is 4.57. The van der Waals surface area contributed by atoms with Crippen molar-refractivity contribution in [3.05, 3.63) is 65.2 Å². The van der Waals surface area contributed by atoms with Crippen molar-refractivity contribution in [2.75, 3.05) is 40.5 Å². The third-order valence-corrected chi connectivity index (χ3v) is 5.68. The van der Waals surface area contributed by atoms with Crippen molar-refractivity contribution in [3.8, 4) is 5.75 Å². The summed E-state index contributed by atoms with van der Waals surface area (Å²) in [7, 11) is 4.51. The van der Waals surface area contributed by atoms with E-state index in [0.29, 0.717) is 13.2 Å². The van der Waals surface area contributed by atoms with Gasteiger partial charge in [-0.3, -0.25) is 0 Å². The summed E-state index contributed by atoms with van der Waals surface area (Å²) in [6.45, 7) is 17.6. The van der Waals surface area contributed by atoms with Gasteiger partial charge in [0.2, 0.25) is 0 Å². The molecule has 0 fully saturated rings. The molecule has 0 unspecified atom stereocenters. The van der Waals surface area contributed by atoms with Gasteiger partial charge in [0.15, 0.2) is 0 Å². The molecule has 0 atom stereocenters. The first-order valence-corrected chi connectivity index (χ1v) is 11.6. The first-order valence-electron chi connectivity index (χ1n) is 11.6. The van der Waals surface area contributed by atoms with Crippen LogP contribution < -0.4 is 17.1 Å². The summed E-state index contributed by atoms with van der Waals surface area (Å²) >= 11 is 0. The number of hydrogen-bond donors (Lipinski definition) is 0. The zero-order valence-electron chi connectivity index (χ0n) is 21.5. The first-order chi connectivity index (χ1) is 14.4. The summed E-state index contributed by atoms with van der Waals surface area (Å²) in [5, 5.41) is 0. The lowest BCUT2D eigenvalue weighted by molar-refractivity contribution is -0.904. The fourth-order valence-electron chi connectivity index (χ4n) is 4.57. The molecule has 0 aliphatic rings. The van der Waals surface area contributed by atoms with E-state index in [1.54, 1.807) is 0 Å². The quantitative estimate of drug-likeness (QED) is 0.377. The van der Waals surface area contributed by atoms with Crippen molar-refractivity contribution >= 4 is 0 Å². The molecule has 2 aromatic rings. The van der Waals surface area contributed by atoms with E-state index in [0.717, 1.165) is 36.3 Å². The van der Waals surface area contributed by atoms with Gasteiger partial charge in [-0.05, 0) is 29.7 Å². The summed E-state index contributed by atoms with van der Waals surface area (Å²) in [5.74, 6) is 1.03. The number of aryl methyl sites for hydroxylation is 1. The summed E-state index contributed by atoms with van der Waals surface area (Å²) in [5.41, 5.74) is 4.17. The van der Waals surface area contributed by atoms with E-state index in [9.17, 15) is 0 Å². The van der Waals surface area contributed by atoms with Crippen LogP contribution in [-0.4, -0.2) is 44.9 Å². The largest absolute Gasteiger partial charge is 1.00 e. The minimum Gasteiger partial charge on any atom is -1.00 e. The van der Waals surface area contributed by atoms with Crippen LogP contribution in [0.5, 0.6) is 5.75 Å². The number of halogens is 1. The lowest BCUT2D eigenvalue weighted by atomic mass is 9.72. The van der Waals surface area contributed by atoms with Crippen LogP contribution in [0.25, 0.3) is 0 Å². The van der Waals surface area contributed by atoms with Crippen LogP contribution in [0.1, 0.15) is 57.7 Å². The molecular weight excluding hydrogens is 418 g/mol. The summed E-state index contributed by atoms with van der Waals surface area (Å²) < 4.78 is 13.1. The van der Waals surface area contributed by atoms with E-state index < -0.39 is 0 Å². The van der Waals surface area contributed by atoms with Crippen molar-refractivity contribution in [2.24, 2.45) is 5.41 Å². The molecular formula is C28H44ClNO2. The standard InChI is InChI=1S/C28H44NO2.ClH/c1-23-13-12-16-25(28(5,6)22-27(2,3)4)26(23)31-20-19-30-18-17-29(7,8)21-24-14-10-9-11-15-24;/h9-16H,17-22H2,1-8H3;1H/q+1;/p-1. The van der Waals surface area contributed by atoms with E-state index in [1.807, 2.05) is 0 Å². The van der Waals surface area contributed by atoms with Gasteiger partial charge in [-0.25, -0.2) is 0 Å². The molecule has 2 aromatic carbocycles. The lowest BCUT2D eigenvalue weighted by Gasteiger charge is -2.34. The molecule has 32 heavy (non-hydrogen) atoms. The third kappa shape index (κ3) is 9.52. The van der Waals surface area contributed by atoms with Crippen molar-refractivity contribution in [1.29, 1.82) is 0 Å². The first kappa shape index (κ1) is 28.5. The normalized spacial score (nSPS) is 12.4. The Kier molecular flexibility index (Phi) is 10.7. The molecule has 0 N–H and O–H groups in total. The number of rotatable bonds is 11. The van der Waals surface area contributed by atoms with Gasteiger partial charge in [0.05, 0.1) is 27.3 Å². The highest BCUT2D eigenvalue weighted by Gasteiger charge is 2.30. The number of para-hydroxylation sites is 1. The van der Waals surface area contributed by atoms with E-state index in [2.05, 4.69) is 104 Å². The Bertz CT molecular complexity index is 810. The molecule has 0 radical (unpaired) electrons. The predicted molar refractivity (Wildman–Crippen MR) is 132 cm³/mol. The van der Waals surface area contributed by atoms with Crippen LogP contribution >= 0.6 is 0 Å². The number of nitrogens with zero attached hydrogens (tertiary/aromatic N) is 1. The van der Waals surface area contributed by atoms with Crippen LogP contribution in [0.4, 0.5) is 0 Å². The molecule has 2 rings (SSSR count). The zero-order valence-corrected chi connectivity index (χ0v) is 22.3. The summed E-state index contributed by atoms with van der Waals surface area (Å²) in [4.78, 5) is 0. The van der Waals surface area contributed by atoms with Gasteiger partial charge in [0, 0.05) is 11.1 Å². The smallest absolute Gasteiger partial charge is 0.126 e. The van der Waals surface area contributed by atoms with Crippen molar-refractivity contribution in [3.63, 3.8) is 0 Å². The minimum atomic E-state index is 0. The number of likely N-dealkylation sites (N-methyl/N-ethyl adjacent to an activating group) is 1. The maximum atomic E-state index is 6.27. The summed E-state index contributed by atoms with van der Waals surface area (Å²) in [6, 6.07) is 17.2. The highest BCUT2D eigenvalue weighted by atomic mass is 35.5. The van der Waals surface area contributed by atoms with E-state index >= 15 is 0 Å². The van der Waals surface area contributed by atoms with Gasteiger partial charge in [-0.15, -0.1) is 0 Å². The molecule has 180 valence electrons. The van der Waals surface area contributed by atoms with Crippen LogP contribution in [-0.2, 0) is 16.7 Å². The Labute approximate surface area is 203 Å². The maximum absolute atomic E-state index is 6.27. The van der Waals surface area contributed by atoms with Crippen molar-refractivity contribution < 1.29 is 26.4 Å². The molecule has 0 saturated heterocycles. The number of ether oxygens (including phenoxy) is 2. The van der Waals surface area contributed by atoms with Crippen LogP contribution in [0.3, 0.4) is 0 Å². The molecule has 0 aliphatic carbocycles. The van der Waals surface area contributed by atoms with Gasteiger partial charge in [-0.2, -0.15) is 0 Å². The molecule has 0 bridgehead atoms. The van der Waals surface area contributed by atoms with E-state index in [4.69, 9.17) is 9.47 Å². The Morgan fingerprint density at radius 2 is 1.47 bits per heavy atom. The second kappa shape index (κ2) is 12.1. The van der Waals surface area contributed by atoms with Crippen molar-refractivity contribution in [2.45, 2.75) is 59.9 Å². The van der Waals surface area contributed by atoms with Gasteiger partial charge >= 0.3 is 0 Å². The molecule has 3 nitrogen and oxygen atoms in total. The average molecular weight is 462 g/mol. The van der Waals surface area contributed by atoms with Crippen molar-refractivity contribution in [1.82, 2.24) is 0 Å². The average Bonchev–Trinajstić information content (AvgIpc) is 2.64. The van der Waals surface area contributed by atoms with Crippen LogP contribution in [0.2, 0.25) is 0 Å². The van der Waals surface area contributed by atoms with Gasteiger partial charge < -0.3 is 26.4 Å². The topological polar surface area (TPSA) is 18.5 Å². The second-order valence-corrected chi connectivity index (χ2v) is 11.3. The van der Waals surface area contributed by atoms with E-state index in [-0.39, 0.29) is 23.2 Å². The molecule has 0 saturated carbocycles. The zero-order chi connectivity index (χ0) is 23.1. The predicted octanol–water partition coefficient (Wildman–Crippen LogP) is 3.38. The number of hydrogen-bond acceptors (Lipinski definition) is 2. The van der Waals surface area contributed by atoms with Gasteiger partial charge in [0.25, 0.3) is 0 Å². The maximum Gasteiger partial charge on any atom is 0.126 e. The summed E-state index contributed by atoms with van der Waals surface area (Å²) in [6.07, 6.45) is 1.10. The second-order valence-electron chi connectivity index (χ2n) is 11.3. The number of quaternary nitrogens is 1. The highest BCUT2D eigenvalue weighted by Crippen LogP contribution is 2.41. The molecule has 4 heteroatoms. The minimum absolute atomic E-state index is 0. The Morgan fingerprint density at radius 3 is 2.09 bits per heavy atom. The Hall–Kier alpha value is -1.55. The number of benzene rings is 2. The molecule has 0 aliphatic heterocycles. The Morgan fingerprint density at radius 1 is 0.812 bits per heavy atom. The SMILES string of the molecule is Cc1cccc(C(C)(C)CC(C)(C)C)c1OCCOCC[N+](C)(C)Cc1ccccc1.[Cl-]. The lowest BCUT2D eigenvalue weighted by Crippen LogP contribution is -3.00. The fraction of sp³-hybridized carbons (Fsp3) is 0.571. The molecule has 0 amide bonds. The van der Waals surface area contributed by atoms with Gasteiger partial charge in [-0.1, -0.05) is 83.1 Å². The third-order valence-electron chi connectivity index (χ3n) is 5.68.